The molecule has 1 amide bonds. The first-order valence-electron chi connectivity index (χ1n) is 8.12. The van der Waals surface area contributed by atoms with Gasteiger partial charge in [-0.05, 0) is 48.9 Å². The van der Waals surface area contributed by atoms with Gasteiger partial charge in [0.05, 0.1) is 17.7 Å². The van der Waals surface area contributed by atoms with Gasteiger partial charge in [0, 0.05) is 16.6 Å². The van der Waals surface area contributed by atoms with E-state index < -0.39 is 10.0 Å². The van der Waals surface area contributed by atoms with Crippen LogP contribution < -0.4 is 14.8 Å². The second kappa shape index (κ2) is 9.05. The van der Waals surface area contributed by atoms with Crippen LogP contribution in [0.5, 0.6) is 5.75 Å². The maximum Gasteiger partial charge on any atom is 0.261 e. The highest BCUT2D eigenvalue weighted by Gasteiger charge is 2.18. The summed E-state index contributed by atoms with van der Waals surface area (Å²) in [7, 11) is -2.33. The van der Waals surface area contributed by atoms with Crippen molar-refractivity contribution in [3.63, 3.8) is 0 Å². The first kappa shape index (κ1) is 20.3. The van der Waals surface area contributed by atoms with Gasteiger partial charge in [0.15, 0.2) is 0 Å². The molecule has 0 unspecified atom stereocenters. The Bertz CT molecular complexity index is 867. The molecule has 26 heavy (non-hydrogen) atoms. The zero-order valence-electron chi connectivity index (χ0n) is 14.6. The molecule has 2 aromatic carbocycles. The van der Waals surface area contributed by atoms with Crippen molar-refractivity contribution in [2.24, 2.45) is 0 Å². The zero-order chi connectivity index (χ0) is 19.2. The zero-order valence-corrected chi connectivity index (χ0v) is 17.0. The number of anilines is 2. The van der Waals surface area contributed by atoms with Crippen LogP contribution in [0.1, 0.15) is 26.2 Å². The van der Waals surface area contributed by atoms with Crippen molar-refractivity contribution in [3.05, 3.63) is 46.9 Å². The standard InChI is InChI=1S/C18H21BrN2O4S/c1-3-4-5-18(22)20-16-12-15(10-11-17(16)25-2)26(23,24)21-14-8-6-13(19)7-9-14/h6-12,21H,3-5H2,1-2H3,(H,20,22). The van der Waals surface area contributed by atoms with E-state index in [0.717, 1.165) is 17.3 Å². The summed E-state index contributed by atoms with van der Waals surface area (Å²) in [6, 6.07) is 11.1. The van der Waals surface area contributed by atoms with Crippen LogP contribution in [0.25, 0.3) is 0 Å². The van der Waals surface area contributed by atoms with E-state index in [-0.39, 0.29) is 10.8 Å². The minimum absolute atomic E-state index is 0.0343. The third-order valence-corrected chi connectivity index (χ3v) is 5.52. The molecule has 0 aliphatic heterocycles. The predicted octanol–water partition coefficient (Wildman–Crippen LogP) is 4.39. The van der Waals surface area contributed by atoms with Crippen molar-refractivity contribution in [1.82, 2.24) is 0 Å². The summed E-state index contributed by atoms with van der Waals surface area (Å²) < 4.78 is 33.8. The van der Waals surface area contributed by atoms with Crippen LogP contribution >= 0.6 is 15.9 Å². The van der Waals surface area contributed by atoms with Gasteiger partial charge >= 0.3 is 0 Å². The molecule has 0 saturated heterocycles. The smallest absolute Gasteiger partial charge is 0.261 e. The third-order valence-electron chi connectivity index (χ3n) is 3.61. The highest BCUT2D eigenvalue weighted by atomic mass is 79.9. The molecule has 140 valence electrons. The Balaban J connectivity index is 2.26. The first-order valence-corrected chi connectivity index (χ1v) is 10.4. The van der Waals surface area contributed by atoms with Gasteiger partial charge in [-0.1, -0.05) is 29.3 Å². The third kappa shape index (κ3) is 5.47. The van der Waals surface area contributed by atoms with E-state index in [1.165, 1.54) is 25.3 Å². The fourth-order valence-corrected chi connectivity index (χ4v) is 3.58. The summed E-state index contributed by atoms with van der Waals surface area (Å²) in [4.78, 5) is 12.0. The molecule has 2 N–H and O–H groups in total. The minimum atomic E-state index is -3.80. The summed E-state index contributed by atoms with van der Waals surface area (Å²) in [5.74, 6) is 0.220. The van der Waals surface area contributed by atoms with Crippen molar-refractivity contribution in [2.45, 2.75) is 31.1 Å². The lowest BCUT2D eigenvalue weighted by atomic mass is 10.2. The maximum absolute atomic E-state index is 12.6. The molecule has 0 aliphatic carbocycles. The quantitative estimate of drug-likeness (QED) is 0.637. The number of sulfonamides is 1. The molecular weight excluding hydrogens is 420 g/mol. The van der Waals surface area contributed by atoms with E-state index in [0.29, 0.717) is 23.5 Å². The SMILES string of the molecule is CCCCC(=O)Nc1cc(S(=O)(=O)Nc2ccc(Br)cc2)ccc1OC. The van der Waals surface area contributed by atoms with Gasteiger partial charge in [-0.2, -0.15) is 0 Å². The number of nitrogens with one attached hydrogen (secondary N) is 2. The average Bonchev–Trinajstić information content (AvgIpc) is 2.61. The van der Waals surface area contributed by atoms with E-state index in [2.05, 4.69) is 26.0 Å². The number of amides is 1. The molecule has 0 radical (unpaired) electrons. The number of methoxy groups -OCH3 is 1. The average molecular weight is 441 g/mol. The fourth-order valence-electron chi connectivity index (χ4n) is 2.23. The number of carbonyl (C=O) groups is 1. The summed E-state index contributed by atoms with van der Waals surface area (Å²) in [6.45, 7) is 1.99. The van der Waals surface area contributed by atoms with Crippen molar-refractivity contribution in [3.8, 4) is 5.75 Å². The number of unbranched alkanes of at least 4 members (excludes halogenated alkanes) is 1. The Morgan fingerprint density at radius 2 is 1.85 bits per heavy atom. The van der Waals surface area contributed by atoms with Crippen molar-refractivity contribution in [1.29, 1.82) is 0 Å². The molecule has 6 nitrogen and oxygen atoms in total. The van der Waals surface area contributed by atoms with Gasteiger partial charge in [0.25, 0.3) is 10.0 Å². The van der Waals surface area contributed by atoms with E-state index in [9.17, 15) is 13.2 Å². The highest BCUT2D eigenvalue weighted by molar-refractivity contribution is 9.10. The van der Waals surface area contributed by atoms with E-state index in [1.54, 1.807) is 24.3 Å². The van der Waals surface area contributed by atoms with E-state index >= 15 is 0 Å². The lowest BCUT2D eigenvalue weighted by Gasteiger charge is -2.13. The molecule has 2 rings (SSSR count). The van der Waals surface area contributed by atoms with Crippen LogP contribution in [0.2, 0.25) is 0 Å². The van der Waals surface area contributed by atoms with Gasteiger partial charge in [0.1, 0.15) is 5.75 Å². The minimum Gasteiger partial charge on any atom is -0.495 e. The lowest BCUT2D eigenvalue weighted by molar-refractivity contribution is -0.116. The number of rotatable bonds is 8. The predicted molar refractivity (Wildman–Crippen MR) is 106 cm³/mol. The molecule has 8 heteroatoms. The number of hydrogen-bond acceptors (Lipinski definition) is 4. The van der Waals surface area contributed by atoms with Crippen LogP contribution in [0, 0.1) is 0 Å². The summed E-state index contributed by atoms with van der Waals surface area (Å²) in [5, 5.41) is 2.72. The Labute approximate surface area is 162 Å². The van der Waals surface area contributed by atoms with Crippen LogP contribution in [0.3, 0.4) is 0 Å². The second-order valence-electron chi connectivity index (χ2n) is 5.63. The second-order valence-corrected chi connectivity index (χ2v) is 8.22. The Morgan fingerprint density at radius 3 is 2.46 bits per heavy atom. The molecule has 0 heterocycles. The number of halogens is 1. The normalized spacial score (nSPS) is 11.0. The maximum atomic E-state index is 12.6. The number of hydrogen-bond donors (Lipinski definition) is 2. The summed E-state index contributed by atoms with van der Waals surface area (Å²) in [6.07, 6.45) is 2.03. The number of ether oxygens (including phenoxy) is 1. The van der Waals surface area contributed by atoms with Gasteiger partial charge in [-0.15, -0.1) is 0 Å². The van der Waals surface area contributed by atoms with Crippen molar-refractivity contribution in [2.75, 3.05) is 17.1 Å². The topological polar surface area (TPSA) is 84.5 Å². The highest BCUT2D eigenvalue weighted by Crippen LogP contribution is 2.29. The summed E-state index contributed by atoms with van der Waals surface area (Å²) in [5.41, 5.74) is 0.768. The monoisotopic (exact) mass is 440 g/mol. The molecule has 0 atom stereocenters. The van der Waals surface area contributed by atoms with Gasteiger partial charge in [-0.3, -0.25) is 9.52 Å². The van der Waals surface area contributed by atoms with Gasteiger partial charge in [0.2, 0.25) is 5.91 Å². The molecule has 0 bridgehead atoms. The van der Waals surface area contributed by atoms with E-state index in [4.69, 9.17) is 4.74 Å². The molecule has 0 aliphatic rings. The Hall–Kier alpha value is -2.06. The first-order chi connectivity index (χ1) is 12.4. The van der Waals surface area contributed by atoms with Crippen LogP contribution in [-0.4, -0.2) is 21.4 Å². The van der Waals surface area contributed by atoms with Crippen molar-refractivity contribution < 1.29 is 17.9 Å². The molecule has 0 fully saturated rings. The largest absolute Gasteiger partial charge is 0.495 e. The molecule has 2 aromatic rings. The van der Waals surface area contributed by atoms with Crippen LogP contribution in [0.15, 0.2) is 51.8 Å². The van der Waals surface area contributed by atoms with Gasteiger partial charge < -0.3 is 10.1 Å². The summed E-state index contributed by atoms with van der Waals surface area (Å²) >= 11 is 3.30. The number of benzene rings is 2. The van der Waals surface area contributed by atoms with E-state index in [1.807, 2.05) is 6.92 Å². The Morgan fingerprint density at radius 1 is 1.15 bits per heavy atom. The molecule has 0 spiro atoms. The molecule has 0 saturated carbocycles. The fraction of sp³-hybridized carbons (Fsp3) is 0.278. The van der Waals surface area contributed by atoms with Crippen LogP contribution in [-0.2, 0) is 14.8 Å². The molecular formula is C18H21BrN2O4S. The Kier molecular flexibility index (Phi) is 7.05. The van der Waals surface area contributed by atoms with Crippen molar-refractivity contribution >= 4 is 43.2 Å². The number of carbonyl (C=O) groups excluding carboxylic acids is 1. The lowest BCUT2D eigenvalue weighted by Crippen LogP contribution is -2.15. The molecule has 0 aromatic heterocycles. The van der Waals surface area contributed by atoms with Gasteiger partial charge in [-0.25, -0.2) is 8.42 Å². The van der Waals surface area contributed by atoms with Crippen LogP contribution in [0.4, 0.5) is 11.4 Å².